The van der Waals surface area contributed by atoms with Crippen LogP contribution in [0.3, 0.4) is 0 Å². The molecular formula is C19H21NO4. The van der Waals surface area contributed by atoms with Crippen molar-refractivity contribution in [2.75, 3.05) is 20.8 Å². The number of benzene rings is 2. The summed E-state index contributed by atoms with van der Waals surface area (Å²) >= 11 is 0. The number of methoxy groups -OCH3 is 2. The van der Waals surface area contributed by atoms with Crippen LogP contribution in [0.4, 0.5) is 0 Å². The smallest absolute Gasteiger partial charge is 0.244 e. The first-order valence-electron chi connectivity index (χ1n) is 7.58. The van der Waals surface area contributed by atoms with Gasteiger partial charge in [-0.25, -0.2) is 0 Å². The lowest BCUT2D eigenvalue weighted by molar-refractivity contribution is -0.116. The lowest BCUT2D eigenvalue weighted by Crippen LogP contribution is -2.23. The summed E-state index contributed by atoms with van der Waals surface area (Å²) < 4.78 is 10.1. The highest BCUT2D eigenvalue weighted by Gasteiger charge is 2.01. The topological polar surface area (TPSA) is 67.8 Å². The lowest BCUT2D eigenvalue weighted by Gasteiger charge is -2.05. The molecule has 0 aliphatic rings. The van der Waals surface area contributed by atoms with E-state index in [9.17, 15) is 9.90 Å². The largest absolute Gasteiger partial charge is 0.504 e. The van der Waals surface area contributed by atoms with E-state index in [1.54, 1.807) is 25.3 Å². The van der Waals surface area contributed by atoms with Crippen LogP contribution >= 0.6 is 0 Å². The maximum Gasteiger partial charge on any atom is 0.244 e. The van der Waals surface area contributed by atoms with Crippen molar-refractivity contribution in [3.63, 3.8) is 0 Å². The third-order valence-electron chi connectivity index (χ3n) is 3.50. The molecule has 0 aliphatic heterocycles. The second-order valence-corrected chi connectivity index (χ2v) is 5.15. The molecule has 0 spiro atoms. The summed E-state index contributed by atoms with van der Waals surface area (Å²) in [4.78, 5) is 11.8. The first-order chi connectivity index (χ1) is 11.6. The van der Waals surface area contributed by atoms with Crippen LogP contribution in [0.2, 0.25) is 0 Å². The molecule has 126 valence electrons. The predicted molar refractivity (Wildman–Crippen MR) is 93.4 cm³/mol. The van der Waals surface area contributed by atoms with Crippen molar-refractivity contribution in [2.24, 2.45) is 0 Å². The molecule has 5 heteroatoms. The molecule has 2 N–H and O–H groups in total. The zero-order valence-corrected chi connectivity index (χ0v) is 13.8. The summed E-state index contributed by atoms with van der Waals surface area (Å²) in [7, 11) is 3.11. The highest BCUT2D eigenvalue weighted by Crippen LogP contribution is 2.26. The van der Waals surface area contributed by atoms with Gasteiger partial charge in [-0.3, -0.25) is 4.79 Å². The molecule has 0 bridgehead atoms. The van der Waals surface area contributed by atoms with Crippen molar-refractivity contribution in [3.8, 4) is 17.2 Å². The highest BCUT2D eigenvalue weighted by atomic mass is 16.5. The molecule has 24 heavy (non-hydrogen) atoms. The van der Waals surface area contributed by atoms with E-state index in [1.165, 1.54) is 19.3 Å². The molecule has 0 atom stereocenters. The number of carbonyl (C=O) groups is 1. The number of hydrogen-bond acceptors (Lipinski definition) is 4. The van der Waals surface area contributed by atoms with Crippen LogP contribution in [-0.4, -0.2) is 31.8 Å². The zero-order chi connectivity index (χ0) is 17.4. The molecule has 0 aromatic heterocycles. The fourth-order valence-corrected chi connectivity index (χ4v) is 2.15. The van der Waals surface area contributed by atoms with Gasteiger partial charge in [-0.15, -0.1) is 0 Å². The number of ether oxygens (including phenoxy) is 2. The van der Waals surface area contributed by atoms with Gasteiger partial charge in [-0.05, 0) is 47.9 Å². The second-order valence-electron chi connectivity index (χ2n) is 5.15. The number of phenolic OH excluding ortho intramolecular Hbond substituents is 1. The first kappa shape index (κ1) is 17.4. The molecule has 0 fully saturated rings. The molecule has 0 unspecified atom stereocenters. The van der Waals surface area contributed by atoms with Gasteiger partial charge in [0.1, 0.15) is 5.75 Å². The summed E-state index contributed by atoms with van der Waals surface area (Å²) in [6.45, 7) is 0.550. The van der Waals surface area contributed by atoms with E-state index in [2.05, 4.69) is 5.32 Å². The van der Waals surface area contributed by atoms with Crippen LogP contribution in [0.25, 0.3) is 6.08 Å². The number of carbonyl (C=O) groups excluding carboxylic acids is 1. The summed E-state index contributed by atoms with van der Waals surface area (Å²) in [6, 6.07) is 12.6. The van der Waals surface area contributed by atoms with Gasteiger partial charge >= 0.3 is 0 Å². The average Bonchev–Trinajstić information content (AvgIpc) is 2.61. The number of aromatic hydroxyl groups is 1. The van der Waals surface area contributed by atoms with E-state index in [0.717, 1.165) is 23.3 Å². The Kier molecular flexibility index (Phi) is 6.25. The van der Waals surface area contributed by atoms with Gasteiger partial charge in [0.15, 0.2) is 11.5 Å². The minimum atomic E-state index is -0.171. The van der Waals surface area contributed by atoms with Crippen LogP contribution in [0.5, 0.6) is 17.2 Å². The van der Waals surface area contributed by atoms with E-state index in [-0.39, 0.29) is 11.7 Å². The minimum Gasteiger partial charge on any atom is -0.504 e. The molecule has 2 aromatic rings. The van der Waals surface area contributed by atoms with E-state index >= 15 is 0 Å². The highest BCUT2D eigenvalue weighted by molar-refractivity contribution is 5.91. The van der Waals surface area contributed by atoms with E-state index in [4.69, 9.17) is 9.47 Å². The number of phenols is 1. The third kappa shape index (κ3) is 5.05. The van der Waals surface area contributed by atoms with Crippen LogP contribution in [0, 0.1) is 0 Å². The average molecular weight is 327 g/mol. The van der Waals surface area contributed by atoms with Gasteiger partial charge in [0, 0.05) is 12.6 Å². The van der Waals surface area contributed by atoms with E-state index < -0.39 is 0 Å². The molecule has 5 nitrogen and oxygen atoms in total. The Bertz CT molecular complexity index is 708. The van der Waals surface area contributed by atoms with Crippen molar-refractivity contribution in [1.29, 1.82) is 0 Å². The van der Waals surface area contributed by atoms with Gasteiger partial charge in [-0.1, -0.05) is 18.2 Å². The Morgan fingerprint density at radius 1 is 1.12 bits per heavy atom. The molecule has 2 aromatic carbocycles. The standard InChI is InChI=1S/C19H21NO4/c1-23-16-7-3-14(4-8-16)11-12-20-19(22)10-6-15-5-9-17(21)18(13-15)24-2/h3-10,13,21H,11-12H2,1-2H3,(H,20,22)/b10-6+. The summed E-state index contributed by atoms with van der Waals surface area (Å²) in [5, 5.41) is 12.4. The van der Waals surface area contributed by atoms with Gasteiger partial charge in [0.05, 0.1) is 14.2 Å². The Labute approximate surface area is 141 Å². The van der Waals surface area contributed by atoms with Crippen molar-refractivity contribution < 1.29 is 19.4 Å². The third-order valence-corrected chi connectivity index (χ3v) is 3.50. The predicted octanol–water partition coefficient (Wildman–Crippen LogP) is 2.78. The number of rotatable bonds is 7. The van der Waals surface area contributed by atoms with Crippen molar-refractivity contribution in [2.45, 2.75) is 6.42 Å². The maximum atomic E-state index is 11.8. The van der Waals surface area contributed by atoms with Gasteiger partial charge in [0.25, 0.3) is 0 Å². The molecular weight excluding hydrogens is 306 g/mol. The van der Waals surface area contributed by atoms with Crippen LogP contribution < -0.4 is 14.8 Å². The Balaban J connectivity index is 1.82. The van der Waals surface area contributed by atoms with Crippen LogP contribution in [0.1, 0.15) is 11.1 Å². The fourth-order valence-electron chi connectivity index (χ4n) is 2.15. The fraction of sp³-hybridized carbons (Fsp3) is 0.211. The molecule has 0 aliphatic carbocycles. The molecule has 0 saturated carbocycles. The number of hydrogen-bond donors (Lipinski definition) is 2. The monoisotopic (exact) mass is 327 g/mol. The first-order valence-corrected chi connectivity index (χ1v) is 7.58. The van der Waals surface area contributed by atoms with Crippen molar-refractivity contribution in [1.82, 2.24) is 5.32 Å². The van der Waals surface area contributed by atoms with Crippen LogP contribution in [0.15, 0.2) is 48.5 Å². The summed E-state index contributed by atoms with van der Waals surface area (Å²) in [5.41, 5.74) is 1.90. The SMILES string of the molecule is COc1ccc(CCNC(=O)/C=C/c2ccc(O)c(OC)c2)cc1. The Morgan fingerprint density at radius 2 is 1.88 bits per heavy atom. The summed E-state index contributed by atoms with van der Waals surface area (Å²) in [5.74, 6) is 1.08. The van der Waals surface area contributed by atoms with Gasteiger partial charge in [0.2, 0.25) is 5.91 Å². The maximum absolute atomic E-state index is 11.8. The normalized spacial score (nSPS) is 10.6. The van der Waals surface area contributed by atoms with Gasteiger partial charge in [-0.2, -0.15) is 0 Å². The number of nitrogens with one attached hydrogen (secondary N) is 1. The van der Waals surface area contributed by atoms with Crippen molar-refractivity contribution in [3.05, 3.63) is 59.7 Å². The lowest BCUT2D eigenvalue weighted by atomic mass is 10.1. The molecule has 0 radical (unpaired) electrons. The molecule has 0 saturated heterocycles. The quantitative estimate of drug-likeness (QED) is 0.767. The molecule has 2 rings (SSSR count). The van der Waals surface area contributed by atoms with Crippen LogP contribution in [-0.2, 0) is 11.2 Å². The Morgan fingerprint density at radius 3 is 2.54 bits per heavy atom. The van der Waals surface area contributed by atoms with E-state index in [0.29, 0.717) is 12.3 Å². The molecule has 0 heterocycles. The van der Waals surface area contributed by atoms with E-state index in [1.807, 2.05) is 24.3 Å². The van der Waals surface area contributed by atoms with Crippen molar-refractivity contribution >= 4 is 12.0 Å². The minimum absolute atomic E-state index is 0.0681. The second kappa shape index (κ2) is 8.62. The zero-order valence-electron chi connectivity index (χ0n) is 13.8. The van der Waals surface area contributed by atoms with Gasteiger partial charge < -0.3 is 19.9 Å². The Hall–Kier alpha value is -2.95. The summed E-state index contributed by atoms with van der Waals surface area (Å²) in [6.07, 6.45) is 3.88. The number of amides is 1. The molecule has 1 amide bonds.